The van der Waals surface area contributed by atoms with Gasteiger partial charge in [-0.05, 0) is 42.6 Å². The van der Waals surface area contributed by atoms with Crippen molar-refractivity contribution in [3.63, 3.8) is 0 Å². The number of aromatic nitrogens is 3. The number of carbonyl (C=O) groups is 2. The number of nitrogens with one attached hydrogen (secondary N) is 2. The van der Waals surface area contributed by atoms with Crippen molar-refractivity contribution in [2.24, 2.45) is 5.73 Å². The number of thiophene rings is 1. The molecule has 4 N–H and O–H groups in total. The Morgan fingerprint density at radius 1 is 1.31 bits per heavy atom. The molecule has 0 saturated carbocycles. The van der Waals surface area contributed by atoms with Gasteiger partial charge in [-0.25, -0.2) is 4.98 Å². The maximum absolute atomic E-state index is 12.3. The standard InChI is InChI=1S/C17H17N5O2S2/c1-10(16(24)19-12-6-4-11(5-7-12)15(18)23)26-17-20-14(21-22-17)9-13-3-2-8-25-13/h2-8,10H,9H2,1H3,(H2,18,23)(H,19,24)(H,20,21,22). The first-order valence-corrected chi connectivity index (χ1v) is 9.58. The van der Waals surface area contributed by atoms with Gasteiger partial charge in [0.25, 0.3) is 0 Å². The van der Waals surface area contributed by atoms with Crippen molar-refractivity contribution in [3.8, 4) is 0 Å². The van der Waals surface area contributed by atoms with E-state index in [9.17, 15) is 9.59 Å². The summed E-state index contributed by atoms with van der Waals surface area (Å²) in [6.45, 7) is 1.78. The highest BCUT2D eigenvalue weighted by atomic mass is 32.2. The van der Waals surface area contributed by atoms with Crippen LogP contribution in [0.25, 0.3) is 0 Å². The van der Waals surface area contributed by atoms with Crippen molar-refractivity contribution >= 4 is 40.6 Å². The lowest BCUT2D eigenvalue weighted by Crippen LogP contribution is -2.22. The van der Waals surface area contributed by atoms with Crippen molar-refractivity contribution in [3.05, 3.63) is 58.0 Å². The summed E-state index contributed by atoms with van der Waals surface area (Å²) in [6.07, 6.45) is 0.692. The fourth-order valence-electron chi connectivity index (χ4n) is 2.16. The van der Waals surface area contributed by atoms with Crippen LogP contribution in [0, 0.1) is 0 Å². The fraction of sp³-hybridized carbons (Fsp3) is 0.176. The number of primary amides is 1. The van der Waals surface area contributed by atoms with Gasteiger partial charge < -0.3 is 11.1 Å². The molecule has 1 atom stereocenters. The van der Waals surface area contributed by atoms with E-state index in [1.54, 1.807) is 42.5 Å². The van der Waals surface area contributed by atoms with E-state index in [2.05, 4.69) is 20.5 Å². The lowest BCUT2D eigenvalue weighted by Gasteiger charge is -2.10. The Morgan fingerprint density at radius 2 is 2.08 bits per heavy atom. The second-order valence-electron chi connectivity index (χ2n) is 5.51. The van der Waals surface area contributed by atoms with Gasteiger partial charge in [-0.1, -0.05) is 17.8 Å². The van der Waals surface area contributed by atoms with E-state index in [0.717, 1.165) is 5.82 Å². The second-order valence-corrected chi connectivity index (χ2v) is 7.85. The summed E-state index contributed by atoms with van der Waals surface area (Å²) in [5.41, 5.74) is 6.19. The second kappa shape index (κ2) is 8.15. The van der Waals surface area contributed by atoms with E-state index in [4.69, 9.17) is 5.73 Å². The highest BCUT2D eigenvalue weighted by molar-refractivity contribution is 8.00. The van der Waals surface area contributed by atoms with Gasteiger partial charge in [-0.2, -0.15) is 0 Å². The summed E-state index contributed by atoms with van der Waals surface area (Å²) in [7, 11) is 0. The predicted octanol–water partition coefficient (Wildman–Crippen LogP) is 2.68. The average molecular weight is 387 g/mol. The van der Waals surface area contributed by atoms with Crippen LogP contribution in [-0.2, 0) is 11.2 Å². The third kappa shape index (κ3) is 4.70. The van der Waals surface area contributed by atoms with Crippen molar-refractivity contribution in [1.29, 1.82) is 0 Å². The molecule has 0 bridgehead atoms. The first-order chi connectivity index (χ1) is 12.5. The molecule has 0 fully saturated rings. The van der Waals surface area contributed by atoms with Crippen LogP contribution in [0.1, 0.15) is 28.0 Å². The molecule has 0 spiro atoms. The summed E-state index contributed by atoms with van der Waals surface area (Å²) in [4.78, 5) is 29.0. The molecule has 134 valence electrons. The number of carbonyl (C=O) groups excluding carboxylic acids is 2. The zero-order valence-electron chi connectivity index (χ0n) is 13.9. The lowest BCUT2D eigenvalue weighted by atomic mass is 10.2. The normalized spacial score (nSPS) is 11.9. The Labute approximate surface area is 158 Å². The van der Waals surface area contributed by atoms with Gasteiger partial charge >= 0.3 is 0 Å². The van der Waals surface area contributed by atoms with Crippen LogP contribution in [0.2, 0.25) is 0 Å². The molecule has 2 heterocycles. The van der Waals surface area contributed by atoms with Gasteiger partial charge in [0.05, 0.1) is 5.25 Å². The van der Waals surface area contributed by atoms with Gasteiger partial charge in [0.1, 0.15) is 5.82 Å². The number of rotatable bonds is 7. The van der Waals surface area contributed by atoms with Crippen molar-refractivity contribution in [1.82, 2.24) is 15.2 Å². The smallest absolute Gasteiger partial charge is 0.248 e. The van der Waals surface area contributed by atoms with Crippen molar-refractivity contribution in [2.75, 3.05) is 5.32 Å². The molecular formula is C17H17N5O2S2. The molecule has 2 amide bonds. The molecule has 2 aromatic heterocycles. The number of nitrogens with zero attached hydrogens (tertiary/aromatic N) is 2. The third-order valence-corrected chi connectivity index (χ3v) is 5.36. The number of hydrogen-bond donors (Lipinski definition) is 3. The topological polar surface area (TPSA) is 114 Å². The number of benzene rings is 1. The van der Waals surface area contributed by atoms with Crippen LogP contribution in [0.3, 0.4) is 0 Å². The largest absolute Gasteiger partial charge is 0.366 e. The van der Waals surface area contributed by atoms with E-state index >= 15 is 0 Å². The number of H-pyrrole nitrogens is 1. The number of amides is 2. The van der Waals surface area contributed by atoms with E-state index < -0.39 is 5.91 Å². The lowest BCUT2D eigenvalue weighted by molar-refractivity contribution is -0.115. The molecule has 0 aliphatic rings. The van der Waals surface area contributed by atoms with Crippen LogP contribution < -0.4 is 11.1 Å². The Hall–Kier alpha value is -2.65. The SMILES string of the molecule is CC(Sc1n[nH]c(Cc2cccs2)n1)C(=O)Nc1ccc(C(N)=O)cc1. The average Bonchev–Trinajstić information content (AvgIpc) is 3.28. The molecule has 9 heteroatoms. The van der Waals surface area contributed by atoms with Crippen LogP contribution in [0.4, 0.5) is 5.69 Å². The first-order valence-electron chi connectivity index (χ1n) is 7.82. The summed E-state index contributed by atoms with van der Waals surface area (Å²) in [5.74, 6) is 0.0887. The maximum atomic E-state index is 12.3. The third-order valence-electron chi connectivity index (χ3n) is 3.52. The molecule has 7 nitrogen and oxygen atoms in total. The van der Waals surface area contributed by atoms with E-state index in [-0.39, 0.29) is 11.2 Å². The Kier molecular flexibility index (Phi) is 5.69. The van der Waals surface area contributed by atoms with Crippen LogP contribution in [0.5, 0.6) is 0 Å². The Balaban J connectivity index is 1.55. The van der Waals surface area contributed by atoms with E-state index in [1.165, 1.54) is 16.6 Å². The fourth-order valence-corrected chi connectivity index (χ4v) is 3.61. The highest BCUT2D eigenvalue weighted by Gasteiger charge is 2.17. The molecule has 1 unspecified atom stereocenters. The first kappa shape index (κ1) is 18.2. The summed E-state index contributed by atoms with van der Waals surface area (Å²) >= 11 is 2.94. The number of anilines is 1. The van der Waals surface area contributed by atoms with Crippen molar-refractivity contribution in [2.45, 2.75) is 23.8 Å². The van der Waals surface area contributed by atoms with Gasteiger partial charge in [-0.3, -0.25) is 14.7 Å². The summed E-state index contributed by atoms with van der Waals surface area (Å²) < 4.78 is 0. The Bertz CT molecular complexity index is 890. The molecule has 3 rings (SSSR count). The molecule has 3 aromatic rings. The van der Waals surface area contributed by atoms with Gasteiger partial charge in [0.2, 0.25) is 17.0 Å². The number of hydrogen-bond acceptors (Lipinski definition) is 6. The number of aromatic amines is 1. The summed E-state index contributed by atoms with van der Waals surface area (Å²) in [5, 5.41) is 12.0. The molecule has 26 heavy (non-hydrogen) atoms. The Morgan fingerprint density at radius 3 is 2.73 bits per heavy atom. The number of thioether (sulfide) groups is 1. The zero-order valence-corrected chi connectivity index (χ0v) is 15.6. The molecule has 1 aromatic carbocycles. The minimum Gasteiger partial charge on any atom is -0.366 e. The minimum absolute atomic E-state index is 0.175. The summed E-state index contributed by atoms with van der Waals surface area (Å²) in [6, 6.07) is 10.5. The zero-order chi connectivity index (χ0) is 18.5. The monoisotopic (exact) mass is 387 g/mol. The maximum Gasteiger partial charge on any atom is 0.248 e. The predicted molar refractivity (Wildman–Crippen MR) is 102 cm³/mol. The number of nitrogens with two attached hydrogens (primary N) is 1. The van der Waals surface area contributed by atoms with Crippen LogP contribution in [-0.4, -0.2) is 32.2 Å². The van der Waals surface area contributed by atoms with Crippen LogP contribution in [0.15, 0.2) is 46.9 Å². The molecule has 0 radical (unpaired) electrons. The molecular weight excluding hydrogens is 370 g/mol. The van der Waals surface area contributed by atoms with Gasteiger partial charge in [0.15, 0.2) is 0 Å². The van der Waals surface area contributed by atoms with E-state index in [0.29, 0.717) is 22.8 Å². The molecule has 0 saturated heterocycles. The van der Waals surface area contributed by atoms with Crippen LogP contribution >= 0.6 is 23.1 Å². The minimum atomic E-state index is -0.505. The van der Waals surface area contributed by atoms with Gasteiger partial charge in [-0.15, -0.1) is 16.4 Å². The van der Waals surface area contributed by atoms with Gasteiger partial charge in [0, 0.05) is 22.5 Å². The molecule has 0 aliphatic carbocycles. The quantitative estimate of drug-likeness (QED) is 0.539. The van der Waals surface area contributed by atoms with Crippen molar-refractivity contribution < 1.29 is 9.59 Å². The highest BCUT2D eigenvalue weighted by Crippen LogP contribution is 2.22. The van der Waals surface area contributed by atoms with E-state index in [1.807, 2.05) is 17.5 Å². The molecule has 0 aliphatic heterocycles.